The van der Waals surface area contributed by atoms with E-state index >= 15 is 0 Å². The summed E-state index contributed by atoms with van der Waals surface area (Å²) in [5.74, 6) is 0.891. The second kappa shape index (κ2) is 8.70. The predicted molar refractivity (Wildman–Crippen MR) is 103 cm³/mol. The highest BCUT2D eigenvalue weighted by atomic mass is 15.3. The molecule has 0 aliphatic heterocycles. The van der Waals surface area contributed by atoms with E-state index in [1.807, 2.05) is 30.2 Å². The minimum absolute atomic E-state index is 0.244. The van der Waals surface area contributed by atoms with Crippen LogP contribution in [0.3, 0.4) is 0 Å². The molecule has 1 fully saturated rings. The smallest absolute Gasteiger partial charge is 0.191 e. The van der Waals surface area contributed by atoms with Crippen molar-refractivity contribution in [1.29, 1.82) is 0 Å². The van der Waals surface area contributed by atoms with E-state index in [1.165, 1.54) is 31.2 Å². The van der Waals surface area contributed by atoms with Crippen LogP contribution in [0.4, 0.5) is 0 Å². The topological polar surface area (TPSA) is 54.2 Å². The van der Waals surface area contributed by atoms with Crippen LogP contribution in [0, 0.1) is 0 Å². The van der Waals surface area contributed by atoms with E-state index in [4.69, 9.17) is 0 Å². The molecule has 0 saturated heterocycles. The number of hydrogen-bond donors (Lipinski definition) is 2. The first-order valence-electron chi connectivity index (χ1n) is 9.30. The first-order chi connectivity index (χ1) is 12.3. The third-order valence-electron chi connectivity index (χ3n) is 5.18. The maximum Gasteiger partial charge on any atom is 0.191 e. The van der Waals surface area contributed by atoms with Crippen molar-refractivity contribution < 1.29 is 0 Å². The highest BCUT2D eigenvalue weighted by Crippen LogP contribution is 2.40. The van der Waals surface area contributed by atoms with Gasteiger partial charge in [0, 0.05) is 44.5 Å². The van der Waals surface area contributed by atoms with Crippen molar-refractivity contribution in [3.05, 3.63) is 54.4 Å². The summed E-state index contributed by atoms with van der Waals surface area (Å²) in [4.78, 5) is 4.38. The molecule has 1 aromatic heterocycles. The predicted octanol–water partition coefficient (Wildman–Crippen LogP) is 2.95. The summed E-state index contributed by atoms with van der Waals surface area (Å²) >= 11 is 0. The lowest BCUT2D eigenvalue weighted by molar-refractivity contribution is 0.431. The van der Waals surface area contributed by atoms with Gasteiger partial charge in [0.2, 0.25) is 0 Å². The first kappa shape index (κ1) is 17.5. The summed E-state index contributed by atoms with van der Waals surface area (Å²) in [6.45, 7) is 2.75. The molecule has 0 atom stereocenters. The molecule has 2 aromatic rings. The number of benzene rings is 1. The quantitative estimate of drug-likeness (QED) is 0.463. The van der Waals surface area contributed by atoms with Gasteiger partial charge in [-0.15, -0.1) is 0 Å². The molecule has 0 unspecified atom stereocenters. The Labute approximate surface area is 150 Å². The van der Waals surface area contributed by atoms with Gasteiger partial charge in [0.1, 0.15) is 0 Å². The Hall–Kier alpha value is -2.30. The number of guanidine groups is 1. The van der Waals surface area contributed by atoms with E-state index in [-0.39, 0.29) is 5.41 Å². The summed E-state index contributed by atoms with van der Waals surface area (Å²) in [5.41, 5.74) is 1.70. The molecule has 0 bridgehead atoms. The Kier molecular flexibility index (Phi) is 6.09. The van der Waals surface area contributed by atoms with Crippen LogP contribution < -0.4 is 10.6 Å². The van der Waals surface area contributed by atoms with Gasteiger partial charge in [-0.25, -0.2) is 0 Å². The molecular formula is C20H29N5. The number of aromatic nitrogens is 2. The largest absolute Gasteiger partial charge is 0.356 e. The fourth-order valence-corrected chi connectivity index (χ4v) is 3.77. The van der Waals surface area contributed by atoms with Crippen LogP contribution >= 0.6 is 0 Å². The molecule has 134 valence electrons. The van der Waals surface area contributed by atoms with Crippen molar-refractivity contribution in [3.8, 4) is 0 Å². The zero-order chi connectivity index (χ0) is 17.4. The summed E-state index contributed by atoms with van der Waals surface area (Å²) < 4.78 is 1.96. The number of hydrogen-bond acceptors (Lipinski definition) is 2. The van der Waals surface area contributed by atoms with Crippen LogP contribution in [0.25, 0.3) is 0 Å². The van der Waals surface area contributed by atoms with Crippen molar-refractivity contribution in [2.24, 2.45) is 4.99 Å². The third kappa shape index (κ3) is 4.62. The molecule has 1 heterocycles. The van der Waals surface area contributed by atoms with Gasteiger partial charge in [-0.2, -0.15) is 5.10 Å². The van der Waals surface area contributed by atoms with Crippen molar-refractivity contribution in [2.45, 2.75) is 44.1 Å². The van der Waals surface area contributed by atoms with Crippen LogP contribution in [0.2, 0.25) is 0 Å². The zero-order valence-electron chi connectivity index (χ0n) is 15.1. The Morgan fingerprint density at radius 1 is 1.16 bits per heavy atom. The highest BCUT2D eigenvalue weighted by Gasteiger charge is 2.35. The van der Waals surface area contributed by atoms with Crippen LogP contribution in [-0.2, 0) is 12.0 Å². The normalized spacial score (nSPS) is 16.8. The van der Waals surface area contributed by atoms with Crippen molar-refractivity contribution in [2.75, 3.05) is 20.1 Å². The molecule has 1 saturated carbocycles. The molecule has 0 amide bonds. The monoisotopic (exact) mass is 339 g/mol. The average Bonchev–Trinajstić information content (AvgIpc) is 3.34. The maximum atomic E-state index is 4.38. The van der Waals surface area contributed by atoms with E-state index < -0.39 is 0 Å². The molecule has 2 N–H and O–H groups in total. The standard InChI is InChI=1S/C20H29N5/c1-21-19(22-13-7-15-25-16-8-14-24-25)23-17-20(11-5-6-12-20)18-9-3-2-4-10-18/h2-4,8-10,14,16H,5-7,11-13,15,17H2,1H3,(H2,21,22,23). The number of nitrogens with one attached hydrogen (secondary N) is 2. The second-order valence-electron chi connectivity index (χ2n) is 6.83. The molecular weight excluding hydrogens is 310 g/mol. The second-order valence-corrected chi connectivity index (χ2v) is 6.83. The van der Waals surface area contributed by atoms with Gasteiger partial charge in [-0.1, -0.05) is 43.2 Å². The van der Waals surface area contributed by atoms with Gasteiger partial charge in [-0.05, 0) is 30.9 Å². The number of rotatable bonds is 7. The Morgan fingerprint density at radius 3 is 2.64 bits per heavy atom. The Morgan fingerprint density at radius 2 is 1.96 bits per heavy atom. The maximum absolute atomic E-state index is 4.38. The lowest BCUT2D eigenvalue weighted by atomic mass is 9.79. The van der Waals surface area contributed by atoms with Gasteiger partial charge in [0.05, 0.1) is 0 Å². The fraction of sp³-hybridized carbons (Fsp3) is 0.500. The van der Waals surface area contributed by atoms with Crippen LogP contribution in [0.5, 0.6) is 0 Å². The lowest BCUT2D eigenvalue weighted by Gasteiger charge is -2.30. The lowest BCUT2D eigenvalue weighted by Crippen LogP contribution is -2.45. The Balaban J connectivity index is 1.49. The van der Waals surface area contributed by atoms with Gasteiger partial charge < -0.3 is 10.6 Å². The van der Waals surface area contributed by atoms with E-state index in [0.717, 1.165) is 32.0 Å². The highest BCUT2D eigenvalue weighted by molar-refractivity contribution is 5.79. The average molecular weight is 339 g/mol. The summed E-state index contributed by atoms with van der Waals surface area (Å²) in [7, 11) is 1.84. The van der Waals surface area contributed by atoms with Crippen LogP contribution in [-0.4, -0.2) is 35.9 Å². The van der Waals surface area contributed by atoms with E-state index in [2.05, 4.69) is 51.1 Å². The molecule has 5 nitrogen and oxygen atoms in total. The molecule has 1 aliphatic carbocycles. The summed E-state index contributed by atoms with van der Waals surface area (Å²) in [5, 5.41) is 11.2. The fourth-order valence-electron chi connectivity index (χ4n) is 3.77. The van der Waals surface area contributed by atoms with E-state index in [0.29, 0.717) is 0 Å². The molecule has 25 heavy (non-hydrogen) atoms. The zero-order valence-corrected chi connectivity index (χ0v) is 15.1. The van der Waals surface area contributed by atoms with Crippen molar-refractivity contribution >= 4 is 5.96 Å². The van der Waals surface area contributed by atoms with Gasteiger partial charge in [0.25, 0.3) is 0 Å². The van der Waals surface area contributed by atoms with Crippen molar-refractivity contribution in [3.63, 3.8) is 0 Å². The van der Waals surface area contributed by atoms with E-state index in [1.54, 1.807) is 0 Å². The molecule has 0 radical (unpaired) electrons. The number of aliphatic imine (C=N–C) groups is 1. The van der Waals surface area contributed by atoms with Gasteiger partial charge >= 0.3 is 0 Å². The summed E-state index contributed by atoms with van der Waals surface area (Å²) in [6.07, 6.45) is 9.96. The van der Waals surface area contributed by atoms with Gasteiger partial charge in [0.15, 0.2) is 5.96 Å². The first-order valence-corrected chi connectivity index (χ1v) is 9.30. The molecule has 3 rings (SSSR count). The molecule has 1 aliphatic rings. The third-order valence-corrected chi connectivity index (χ3v) is 5.18. The van der Waals surface area contributed by atoms with Gasteiger partial charge in [-0.3, -0.25) is 9.67 Å². The molecule has 5 heteroatoms. The molecule has 1 aromatic carbocycles. The Bertz CT molecular complexity index is 642. The number of nitrogens with zero attached hydrogens (tertiary/aromatic N) is 3. The van der Waals surface area contributed by atoms with Crippen LogP contribution in [0.15, 0.2) is 53.8 Å². The summed E-state index contributed by atoms with van der Waals surface area (Å²) in [6, 6.07) is 12.9. The molecule has 0 spiro atoms. The minimum Gasteiger partial charge on any atom is -0.356 e. The number of aryl methyl sites for hydroxylation is 1. The van der Waals surface area contributed by atoms with Crippen molar-refractivity contribution in [1.82, 2.24) is 20.4 Å². The van der Waals surface area contributed by atoms with E-state index in [9.17, 15) is 0 Å². The van der Waals surface area contributed by atoms with Crippen LogP contribution in [0.1, 0.15) is 37.7 Å². The SMILES string of the molecule is CN=C(NCCCn1cccn1)NCC1(c2ccccc2)CCCC1. The minimum atomic E-state index is 0.244.